The van der Waals surface area contributed by atoms with Crippen molar-refractivity contribution in [1.82, 2.24) is 5.32 Å². The summed E-state index contributed by atoms with van der Waals surface area (Å²) in [5.41, 5.74) is 4.09. The Hall–Kier alpha value is -1.78. The molecule has 0 bridgehead atoms. The van der Waals surface area contributed by atoms with Crippen molar-refractivity contribution in [2.45, 2.75) is 57.8 Å². The van der Waals surface area contributed by atoms with E-state index in [1.54, 1.807) is 12.1 Å². The molecule has 0 atom stereocenters. The fraction of sp³-hybridized carbons (Fsp3) is 0.455. The minimum Gasteiger partial charge on any atom is -0.490 e. The van der Waals surface area contributed by atoms with Crippen LogP contribution in [0, 0.1) is 0 Å². The molecule has 1 aromatic rings. The highest BCUT2D eigenvalue weighted by Crippen LogP contribution is 2.47. The average molecular weight is 420 g/mol. The number of ketones is 2. The molecule has 1 N–H and O–H groups in total. The Morgan fingerprint density at radius 3 is 2.00 bits per heavy atom. The highest BCUT2D eigenvalue weighted by Gasteiger charge is 2.40. The molecule has 1 aromatic carbocycles. The number of nitrogens with one attached hydrogen (secondary N) is 1. The zero-order valence-corrected chi connectivity index (χ0v) is 17.4. The molecule has 3 aliphatic rings. The number of hydrogen-bond donors (Lipinski definition) is 1. The summed E-state index contributed by atoms with van der Waals surface area (Å²) in [6.45, 7) is 2.53. The number of halogens is 2. The topological polar surface area (TPSA) is 55.4 Å². The molecule has 1 heterocycles. The summed E-state index contributed by atoms with van der Waals surface area (Å²) in [6.07, 6.45) is 5.17. The fourth-order valence-corrected chi connectivity index (χ4v) is 5.02. The first-order valence-electron chi connectivity index (χ1n) is 9.92. The second-order valence-electron chi connectivity index (χ2n) is 7.56. The molecule has 0 saturated heterocycles. The van der Waals surface area contributed by atoms with Crippen LogP contribution in [0.15, 0.2) is 34.7 Å². The third-order valence-electron chi connectivity index (χ3n) is 5.60. The molecule has 0 fully saturated rings. The lowest BCUT2D eigenvalue weighted by Gasteiger charge is -2.37. The van der Waals surface area contributed by atoms with Gasteiger partial charge in [0.1, 0.15) is 0 Å². The van der Waals surface area contributed by atoms with E-state index in [0.29, 0.717) is 46.4 Å². The minimum atomic E-state index is -0.401. The van der Waals surface area contributed by atoms with Crippen molar-refractivity contribution < 1.29 is 14.3 Å². The van der Waals surface area contributed by atoms with Crippen molar-refractivity contribution in [3.05, 3.63) is 50.3 Å². The van der Waals surface area contributed by atoms with Crippen LogP contribution in [0.1, 0.15) is 63.4 Å². The minimum absolute atomic E-state index is 0.0993. The van der Waals surface area contributed by atoms with Gasteiger partial charge in [0, 0.05) is 41.3 Å². The third kappa shape index (κ3) is 3.37. The molecule has 1 aliphatic heterocycles. The Kier molecular flexibility index (Phi) is 5.52. The van der Waals surface area contributed by atoms with Gasteiger partial charge in [-0.05, 0) is 49.8 Å². The van der Waals surface area contributed by atoms with Gasteiger partial charge >= 0.3 is 0 Å². The Balaban J connectivity index is 1.85. The van der Waals surface area contributed by atoms with E-state index in [0.717, 1.165) is 49.1 Å². The molecule has 2 aliphatic carbocycles. The molecule has 0 saturated carbocycles. The van der Waals surface area contributed by atoms with Crippen molar-refractivity contribution in [3.63, 3.8) is 0 Å². The van der Waals surface area contributed by atoms with Gasteiger partial charge in [-0.3, -0.25) is 9.59 Å². The molecule has 4 nitrogen and oxygen atoms in total. The zero-order valence-electron chi connectivity index (χ0n) is 15.9. The van der Waals surface area contributed by atoms with E-state index in [-0.39, 0.29) is 11.6 Å². The third-order valence-corrected chi connectivity index (χ3v) is 6.16. The van der Waals surface area contributed by atoms with Crippen LogP contribution in [-0.2, 0) is 9.59 Å². The summed E-state index contributed by atoms with van der Waals surface area (Å²) in [5, 5.41) is 4.23. The van der Waals surface area contributed by atoms with Crippen LogP contribution in [0.3, 0.4) is 0 Å². The number of hydrogen-bond acceptors (Lipinski definition) is 4. The van der Waals surface area contributed by atoms with Gasteiger partial charge in [0.25, 0.3) is 0 Å². The van der Waals surface area contributed by atoms with Gasteiger partial charge in [-0.15, -0.1) is 0 Å². The molecule has 0 spiro atoms. The SMILES string of the molecule is CCCOc1c(Cl)cc(C2C3=C(CCCC3=O)NC3=C2C(=O)CCC3)cc1Cl. The van der Waals surface area contributed by atoms with E-state index in [9.17, 15) is 9.59 Å². The van der Waals surface area contributed by atoms with Crippen LogP contribution < -0.4 is 10.1 Å². The number of carbonyl (C=O) groups is 2. The van der Waals surface area contributed by atoms with Gasteiger partial charge in [-0.1, -0.05) is 30.1 Å². The number of allylic oxidation sites excluding steroid dienone is 4. The van der Waals surface area contributed by atoms with Crippen LogP contribution >= 0.6 is 23.2 Å². The van der Waals surface area contributed by atoms with Gasteiger partial charge in [-0.2, -0.15) is 0 Å². The standard InChI is InChI=1S/C22H23Cl2NO3/c1-2-9-28-22-13(23)10-12(11-14(22)24)19-20-15(5-3-7-17(20)26)25-16-6-4-8-18(27)21(16)19/h10-11,19,25H,2-9H2,1H3. The smallest absolute Gasteiger partial charge is 0.161 e. The second-order valence-corrected chi connectivity index (χ2v) is 8.37. The van der Waals surface area contributed by atoms with Crippen LogP contribution in [0.5, 0.6) is 5.75 Å². The van der Waals surface area contributed by atoms with Crippen LogP contribution in [0.25, 0.3) is 0 Å². The van der Waals surface area contributed by atoms with Crippen LogP contribution in [0.2, 0.25) is 10.0 Å². The maximum absolute atomic E-state index is 12.8. The Morgan fingerprint density at radius 1 is 0.964 bits per heavy atom. The summed E-state index contributed by atoms with van der Waals surface area (Å²) in [5.74, 6) is 0.253. The predicted octanol–water partition coefficient (Wildman–Crippen LogP) is 5.48. The van der Waals surface area contributed by atoms with Crippen molar-refractivity contribution >= 4 is 34.8 Å². The molecule has 0 unspecified atom stereocenters. The molecule has 28 heavy (non-hydrogen) atoms. The number of benzene rings is 1. The predicted molar refractivity (Wildman–Crippen MR) is 110 cm³/mol. The number of carbonyl (C=O) groups excluding carboxylic acids is 2. The lowest BCUT2D eigenvalue weighted by molar-refractivity contribution is -0.116. The maximum Gasteiger partial charge on any atom is 0.161 e. The first kappa shape index (κ1) is 19.5. The Bertz CT molecular complexity index is 851. The van der Waals surface area contributed by atoms with Gasteiger partial charge in [0.2, 0.25) is 0 Å². The number of ether oxygens (including phenoxy) is 1. The van der Waals surface area contributed by atoms with Gasteiger partial charge in [0.05, 0.1) is 16.7 Å². The molecular weight excluding hydrogens is 397 g/mol. The highest BCUT2D eigenvalue weighted by molar-refractivity contribution is 6.37. The Labute approximate surface area is 174 Å². The largest absolute Gasteiger partial charge is 0.490 e. The van der Waals surface area contributed by atoms with Crippen LogP contribution in [-0.4, -0.2) is 18.2 Å². The van der Waals surface area contributed by atoms with E-state index < -0.39 is 5.92 Å². The quantitative estimate of drug-likeness (QED) is 0.701. The summed E-state index contributed by atoms with van der Waals surface area (Å²) >= 11 is 13.0. The Morgan fingerprint density at radius 2 is 1.50 bits per heavy atom. The second kappa shape index (κ2) is 7.92. The molecule has 0 amide bonds. The lowest BCUT2D eigenvalue weighted by Crippen LogP contribution is -2.36. The highest BCUT2D eigenvalue weighted by atomic mass is 35.5. The summed E-state index contributed by atoms with van der Waals surface area (Å²) < 4.78 is 5.68. The van der Waals surface area contributed by atoms with Crippen LogP contribution in [0.4, 0.5) is 0 Å². The van der Waals surface area contributed by atoms with E-state index >= 15 is 0 Å². The van der Waals surface area contributed by atoms with E-state index in [1.807, 2.05) is 6.92 Å². The lowest BCUT2D eigenvalue weighted by atomic mass is 9.71. The van der Waals surface area contributed by atoms with E-state index in [2.05, 4.69) is 5.32 Å². The summed E-state index contributed by atoms with van der Waals surface area (Å²) in [7, 11) is 0. The zero-order chi connectivity index (χ0) is 19.8. The molecule has 0 aromatic heterocycles. The summed E-state index contributed by atoms with van der Waals surface area (Å²) in [4.78, 5) is 25.7. The van der Waals surface area contributed by atoms with Crippen molar-refractivity contribution in [1.29, 1.82) is 0 Å². The fourth-order valence-electron chi connectivity index (χ4n) is 4.40. The number of dihydropyridines is 1. The molecule has 4 rings (SSSR count). The van der Waals surface area contributed by atoms with Gasteiger partial charge < -0.3 is 10.1 Å². The first-order valence-corrected chi connectivity index (χ1v) is 10.7. The molecular formula is C22H23Cl2NO3. The first-order chi connectivity index (χ1) is 13.5. The van der Waals surface area contributed by atoms with E-state index in [4.69, 9.17) is 27.9 Å². The summed E-state index contributed by atoms with van der Waals surface area (Å²) in [6, 6.07) is 3.60. The maximum atomic E-state index is 12.8. The average Bonchev–Trinajstić information content (AvgIpc) is 2.66. The van der Waals surface area contributed by atoms with Gasteiger partial charge in [0.15, 0.2) is 17.3 Å². The molecule has 6 heteroatoms. The van der Waals surface area contributed by atoms with Crippen molar-refractivity contribution in [2.75, 3.05) is 6.61 Å². The normalized spacial score (nSPS) is 20.1. The van der Waals surface area contributed by atoms with Gasteiger partial charge in [-0.25, -0.2) is 0 Å². The van der Waals surface area contributed by atoms with E-state index in [1.165, 1.54) is 0 Å². The molecule has 148 valence electrons. The number of rotatable bonds is 4. The van der Waals surface area contributed by atoms with Crippen molar-refractivity contribution in [3.8, 4) is 5.75 Å². The number of Topliss-reactive ketones (excluding diaryl/α,β-unsaturated/α-hetero) is 2. The monoisotopic (exact) mass is 419 g/mol. The molecule has 0 radical (unpaired) electrons. The van der Waals surface area contributed by atoms with Crippen molar-refractivity contribution in [2.24, 2.45) is 0 Å².